The molecule has 3 atom stereocenters. The number of rotatable bonds is 6. The van der Waals surface area contributed by atoms with Crippen LogP contribution in [0.3, 0.4) is 0 Å². The number of carbonyl (C=O) groups is 2. The van der Waals surface area contributed by atoms with Gasteiger partial charge in [-0.25, -0.2) is 0 Å². The second kappa shape index (κ2) is 10.4. The normalized spacial score (nSPS) is 23.9. The first-order valence-electron chi connectivity index (χ1n) is 13.1. The highest BCUT2D eigenvalue weighted by atomic mass is 16.5. The van der Waals surface area contributed by atoms with E-state index in [1.807, 2.05) is 43.3 Å². The van der Waals surface area contributed by atoms with Crippen molar-refractivity contribution in [3.63, 3.8) is 0 Å². The van der Waals surface area contributed by atoms with E-state index >= 15 is 0 Å². The fourth-order valence-corrected chi connectivity index (χ4v) is 6.14. The highest BCUT2D eigenvalue weighted by Gasteiger charge is 2.46. The highest BCUT2D eigenvalue weighted by molar-refractivity contribution is 6.01. The molecule has 1 aliphatic heterocycles. The first kappa shape index (κ1) is 25.1. The summed E-state index contributed by atoms with van der Waals surface area (Å²) in [5, 5.41) is 3.38. The van der Waals surface area contributed by atoms with Crippen LogP contribution in [0.25, 0.3) is 0 Å². The molecule has 0 spiro atoms. The molecule has 2 aromatic rings. The molecule has 6 heteroatoms. The largest absolute Gasteiger partial charge is 0.493 e. The van der Waals surface area contributed by atoms with Gasteiger partial charge in [0.05, 0.1) is 14.2 Å². The average Bonchev–Trinajstić information content (AvgIpc) is 3.40. The van der Waals surface area contributed by atoms with Crippen molar-refractivity contribution in [1.82, 2.24) is 5.32 Å². The lowest BCUT2D eigenvalue weighted by Gasteiger charge is -2.40. The minimum atomic E-state index is -0.650. The van der Waals surface area contributed by atoms with Crippen molar-refractivity contribution in [1.29, 1.82) is 0 Å². The van der Waals surface area contributed by atoms with Crippen LogP contribution >= 0.6 is 0 Å². The standard InChI is InChI=1S/C31H35NO5/c1-18-8-7-9-21(14-18)29-28(31(34)37-23-10-5-6-11-23)19(2)32-24-15-22(16-25(33)30(24)29)20-12-13-26(35-3)27(17-20)36-4/h7-9,12-14,17,22-23,28-29,32H,2,5-6,10-11,15-16H2,1,3-4H3. The fraction of sp³-hybridized carbons (Fsp3) is 0.419. The Morgan fingerprint density at radius 1 is 0.973 bits per heavy atom. The molecule has 1 heterocycles. The van der Waals surface area contributed by atoms with E-state index in [9.17, 15) is 9.59 Å². The molecule has 3 aliphatic rings. The Morgan fingerprint density at radius 3 is 2.43 bits per heavy atom. The lowest BCUT2D eigenvalue weighted by Crippen LogP contribution is -2.42. The molecule has 194 valence electrons. The zero-order chi connectivity index (χ0) is 26.1. The highest BCUT2D eigenvalue weighted by Crippen LogP contribution is 2.48. The molecule has 1 N–H and O–H groups in total. The molecule has 2 aliphatic carbocycles. The molecule has 37 heavy (non-hydrogen) atoms. The van der Waals surface area contributed by atoms with Gasteiger partial charge in [-0.3, -0.25) is 9.59 Å². The van der Waals surface area contributed by atoms with Crippen LogP contribution < -0.4 is 14.8 Å². The topological polar surface area (TPSA) is 73.9 Å². The number of esters is 1. The summed E-state index contributed by atoms with van der Waals surface area (Å²) in [5.41, 5.74) is 5.16. The molecule has 0 saturated heterocycles. The summed E-state index contributed by atoms with van der Waals surface area (Å²) in [6.45, 7) is 6.28. The van der Waals surface area contributed by atoms with E-state index < -0.39 is 11.8 Å². The van der Waals surface area contributed by atoms with Crippen LogP contribution in [0.2, 0.25) is 0 Å². The van der Waals surface area contributed by atoms with E-state index in [1.165, 1.54) is 0 Å². The van der Waals surface area contributed by atoms with Gasteiger partial charge in [0.2, 0.25) is 0 Å². The van der Waals surface area contributed by atoms with Crippen LogP contribution in [-0.2, 0) is 14.3 Å². The number of hydrogen-bond acceptors (Lipinski definition) is 6. The fourth-order valence-electron chi connectivity index (χ4n) is 6.14. The minimum Gasteiger partial charge on any atom is -0.493 e. The maximum Gasteiger partial charge on any atom is 0.316 e. The number of ether oxygens (including phenoxy) is 3. The van der Waals surface area contributed by atoms with Crippen molar-refractivity contribution in [3.05, 3.63) is 82.7 Å². The van der Waals surface area contributed by atoms with E-state index in [1.54, 1.807) is 14.2 Å². The predicted molar refractivity (Wildman–Crippen MR) is 142 cm³/mol. The van der Waals surface area contributed by atoms with Gasteiger partial charge in [-0.05, 0) is 68.2 Å². The van der Waals surface area contributed by atoms with Crippen molar-refractivity contribution in [3.8, 4) is 11.5 Å². The third-order valence-corrected chi connectivity index (χ3v) is 7.96. The summed E-state index contributed by atoms with van der Waals surface area (Å²) in [6.07, 6.45) is 4.89. The number of carbonyl (C=O) groups excluding carboxylic acids is 2. The summed E-state index contributed by atoms with van der Waals surface area (Å²) in [6, 6.07) is 13.9. The second-order valence-corrected chi connectivity index (χ2v) is 10.4. The Morgan fingerprint density at radius 2 is 1.73 bits per heavy atom. The van der Waals surface area contributed by atoms with Crippen LogP contribution in [0.1, 0.15) is 67.1 Å². The average molecular weight is 502 g/mol. The van der Waals surface area contributed by atoms with Crippen molar-refractivity contribution in [2.24, 2.45) is 5.92 Å². The number of methoxy groups -OCH3 is 2. The van der Waals surface area contributed by atoms with Crippen molar-refractivity contribution < 1.29 is 23.8 Å². The molecule has 0 aromatic heterocycles. The maximum absolute atomic E-state index is 13.8. The maximum atomic E-state index is 13.8. The molecule has 3 unspecified atom stereocenters. The smallest absolute Gasteiger partial charge is 0.316 e. The predicted octanol–water partition coefficient (Wildman–Crippen LogP) is 5.72. The van der Waals surface area contributed by atoms with Crippen LogP contribution in [0.5, 0.6) is 11.5 Å². The minimum absolute atomic E-state index is 0.0218. The zero-order valence-corrected chi connectivity index (χ0v) is 21.8. The molecule has 2 aromatic carbocycles. The van der Waals surface area contributed by atoms with Gasteiger partial charge in [0.15, 0.2) is 17.3 Å². The van der Waals surface area contributed by atoms with Crippen LogP contribution in [0.4, 0.5) is 0 Å². The Bertz CT molecular complexity index is 1260. The van der Waals surface area contributed by atoms with Crippen molar-refractivity contribution >= 4 is 11.8 Å². The molecule has 0 bridgehead atoms. The molecule has 6 nitrogen and oxygen atoms in total. The van der Waals surface area contributed by atoms with E-state index in [4.69, 9.17) is 14.2 Å². The number of aryl methyl sites for hydroxylation is 1. The SMILES string of the molecule is C=C1NC2=C(C(=O)CC(c3ccc(OC)c(OC)c3)C2)C(c2cccc(C)c2)C1C(=O)OC1CCCC1. The summed E-state index contributed by atoms with van der Waals surface area (Å²) >= 11 is 0. The van der Waals surface area contributed by atoms with Gasteiger partial charge >= 0.3 is 5.97 Å². The molecule has 1 saturated carbocycles. The van der Waals surface area contributed by atoms with Gasteiger partial charge in [-0.15, -0.1) is 0 Å². The zero-order valence-electron chi connectivity index (χ0n) is 21.8. The summed E-state index contributed by atoms with van der Waals surface area (Å²) in [5.74, 6) is -0.0460. The molecular weight excluding hydrogens is 466 g/mol. The van der Waals surface area contributed by atoms with E-state index in [-0.39, 0.29) is 23.8 Å². The number of allylic oxidation sites excluding steroid dienone is 2. The first-order valence-corrected chi connectivity index (χ1v) is 13.1. The number of benzene rings is 2. The van der Waals surface area contributed by atoms with Gasteiger partial charge in [-0.2, -0.15) is 0 Å². The monoisotopic (exact) mass is 501 g/mol. The van der Waals surface area contributed by atoms with E-state index in [2.05, 4.69) is 18.0 Å². The van der Waals surface area contributed by atoms with Gasteiger partial charge in [0.1, 0.15) is 12.0 Å². The third kappa shape index (κ3) is 4.89. The number of ketones is 1. The number of Topliss-reactive ketones (excluding diaryl/α,β-unsaturated/α-hetero) is 1. The second-order valence-electron chi connectivity index (χ2n) is 10.4. The summed E-state index contributed by atoms with van der Waals surface area (Å²) in [4.78, 5) is 27.4. The van der Waals surface area contributed by atoms with Gasteiger partial charge < -0.3 is 19.5 Å². The Hall–Kier alpha value is -3.54. The Kier molecular flexibility index (Phi) is 7.09. The number of hydrogen-bond donors (Lipinski definition) is 1. The van der Waals surface area contributed by atoms with Crippen LogP contribution in [-0.4, -0.2) is 32.1 Å². The third-order valence-electron chi connectivity index (χ3n) is 7.96. The molecule has 0 radical (unpaired) electrons. The van der Waals surface area contributed by atoms with Gasteiger partial charge in [0.25, 0.3) is 0 Å². The summed E-state index contributed by atoms with van der Waals surface area (Å²) in [7, 11) is 3.22. The Balaban J connectivity index is 1.52. The van der Waals surface area contributed by atoms with Gasteiger partial charge in [-0.1, -0.05) is 42.5 Å². The lowest BCUT2D eigenvalue weighted by molar-refractivity contribution is -0.153. The molecule has 1 fully saturated rings. The Labute approximate surface area is 218 Å². The van der Waals surface area contributed by atoms with Crippen LogP contribution in [0, 0.1) is 12.8 Å². The van der Waals surface area contributed by atoms with E-state index in [0.717, 1.165) is 48.1 Å². The first-order chi connectivity index (χ1) is 17.9. The van der Waals surface area contributed by atoms with Crippen molar-refractivity contribution in [2.75, 3.05) is 14.2 Å². The molecular formula is C31H35NO5. The quantitative estimate of drug-likeness (QED) is 0.511. The van der Waals surface area contributed by atoms with E-state index in [0.29, 0.717) is 35.6 Å². The summed E-state index contributed by atoms with van der Waals surface area (Å²) < 4.78 is 16.8. The van der Waals surface area contributed by atoms with Crippen LogP contribution in [0.15, 0.2) is 66.0 Å². The molecule has 5 rings (SSSR count). The lowest BCUT2D eigenvalue weighted by atomic mass is 9.69. The number of nitrogens with one attached hydrogen (secondary N) is 1. The van der Waals surface area contributed by atoms with Crippen molar-refractivity contribution in [2.45, 2.75) is 63.4 Å². The molecule has 0 amide bonds. The van der Waals surface area contributed by atoms with Gasteiger partial charge in [0, 0.05) is 29.3 Å².